The van der Waals surface area contributed by atoms with Gasteiger partial charge in [0, 0.05) is 6.54 Å². The van der Waals surface area contributed by atoms with Gasteiger partial charge in [0.25, 0.3) is 0 Å². The van der Waals surface area contributed by atoms with Gasteiger partial charge in [0.2, 0.25) is 5.91 Å². The summed E-state index contributed by atoms with van der Waals surface area (Å²) in [7, 11) is 0. The molecule has 22 heavy (non-hydrogen) atoms. The van der Waals surface area contributed by atoms with Gasteiger partial charge in [-0.05, 0) is 19.1 Å². The number of nitrogens with zero attached hydrogens (tertiary/aromatic N) is 3. The first-order chi connectivity index (χ1) is 10.6. The first-order valence-electron chi connectivity index (χ1n) is 6.47. The summed E-state index contributed by atoms with van der Waals surface area (Å²) < 4.78 is 15.2. The number of hydrogen-bond donors (Lipinski definition) is 2. The molecule has 1 aromatic carbocycles. The number of halogens is 1. The van der Waals surface area contributed by atoms with Crippen molar-refractivity contribution in [3.8, 4) is 5.69 Å². The van der Waals surface area contributed by atoms with Gasteiger partial charge in [-0.3, -0.25) is 14.7 Å². The Bertz CT molecular complexity index is 676. The lowest BCUT2D eigenvalue weighted by atomic mass is 10.3. The standard InChI is InChI=1S/C13H14FN5O2S/c1-2-15-12(21)17-11(20)7-22-13-18-16-8-19(13)10-6-4-3-5-9(10)14/h3-6,8H,2,7H2,1H3,(H2,15,17,20,21). The zero-order valence-electron chi connectivity index (χ0n) is 11.7. The number of thioether (sulfide) groups is 1. The molecule has 7 nitrogen and oxygen atoms in total. The highest BCUT2D eigenvalue weighted by atomic mass is 32.2. The quantitative estimate of drug-likeness (QED) is 0.811. The van der Waals surface area contributed by atoms with Crippen molar-refractivity contribution in [3.63, 3.8) is 0 Å². The fourth-order valence-corrected chi connectivity index (χ4v) is 2.35. The fourth-order valence-electron chi connectivity index (χ4n) is 1.63. The molecule has 0 atom stereocenters. The summed E-state index contributed by atoms with van der Waals surface area (Å²) in [5.74, 6) is -0.931. The summed E-state index contributed by atoms with van der Waals surface area (Å²) in [6, 6.07) is 5.62. The van der Waals surface area contributed by atoms with Crippen molar-refractivity contribution in [2.45, 2.75) is 12.1 Å². The Balaban J connectivity index is 2.01. The highest BCUT2D eigenvalue weighted by Gasteiger charge is 2.13. The maximum atomic E-state index is 13.8. The van der Waals surface area contributed by atoms with Gasteiger partial charge in [0.15, 0.2) is 5.16 Å². The van der Waals surface area contributed by atoms with E-state index in [0.29, 0.717) is 17.4 Å². The largest absolute Gasteiger partial charge is 0.338 e. The molecule has 0 fully saturated rings. The van der Waals surface area contributed by atoms with Crippen LogP contribution in [-0.2, 0) is 4.79 Å². The number of hydrogen-bond acceptors (Lipinski definition) is 5. The molecule has 0 saturated heterocycles. The molecule has 1 aromatic heterocycles. The average molecular weight is 323 g/mol. The maximum absolute atomic E-state index is 13.8. The monoisotopic (exact) mass is 323 g/mol. The number of para-hydroxylation sites is 1. The van der Waals surface area contributed by atoms with E-state index >= 15 is 0 Å². The van der Waals surface area contributed by atoms with Crippen LogP contribution < -0.4 is 10.6 Å². The second kappa shape index (κ2) is 7.55. The molecule has 0 bridgehead atoms. The number of urea groups is 1. The summed E-state index contributed by atoms with van der Waals surface area (Å²) in [4.78, 5) is 22.8. The van der Waals surface area contributed by atoms with Crippen molar-refractivity contribution in [2.75, 3.05) is 12.3 Å². The molecule has 2 aromatic rings. The Morgan fingerprint density at radius 3 is 2.86 bits per heavy atom. The molecule has 2 rings (SSSR count). The summed E-state index contributed by atoms with van der Waals surface area (Å²) in [5, 5.41) is 12.6. The molecule has 0 saturated carbocycles. The Hall–Kier alpha value is -2.42. The van der Waals surface area contributed by atoms with Crippen molar-refractivity contribution < 1.29 is 14.0 Å². The van der Waals surface area contributed by atoms with Gasteiger partial charge in [0.1, 0.15) is 12.1 Å². The number of imide groups is 1. The van der Waals surface area contributed by atoms with E-state index in [1.54, 1.807) is 25.1 Å². The number of rotatable bonds is 5. The van der Waals surface area contributed by atoms with Crippen molar-refractivity contribution >= 4 is 23.7 Å². The third-order valence-corrected chi connectivity index (χ3v) is 3.49. The lowest BCUT2D eigenvalue weighted by Crippen LogP contribution is -2.40. The Morgan fingerprint density at radius 1 is 1.36 bits per heavy atom. The summed E-state index contributed by atoms with van der Waals surface area (Å²) in [6.45, 7) is 2.17. The normalized spacial score (nSPS) is 10.3. The average Bonchev–Trinajstić information content (AvgIpc) is 2.94. The molecule has 2 N–H and O–H groups in total. The number of aromatic nitrogens is 3. The van der Waals surface area contributed by atoms with E-state index in [0.717, 1.165) is 11.8 Å². The molecule has 9 heteroatoms. The summed E-state index contributed by atoms with van der Waals surface area (Å²) in [6.07, 6.45) is 1.36. The van der Waals surface area contributed by atoms with Gasteiger partial charge in [-0.25, -0.2) is 9.18 Å². The Morgan fingerprint density at radius 2 is 2.14 bits per heavy atom. The first kappa shape index (κ1) is 16.0. The van der Waals surface area contributed by atoms with Gasteiger partial charge >= 0.3 is 6.03 Å². The van der Waals surface area contributed by atoms with E-state index in [-0.39, 0.29) is 5.75 Å². The van der Waals surface area contributed by atoms with E-state index in [2.05, 4.69) is 20.8 Å². The van der Waals surface area contributed by atoms with Gasteiger partial charge in [-0.1, -0.05) is 23.9 Å². The molecular weight excluding hydrogens is 309 g/mol. The van der Waals surface area contributed by atoms with Crippen LogP contribution in [0.15, 0.2) is 35.7 Å². The topological polar surface area (TPSA) is 88.9 Å². The Kier molecular flexibility index (Phi) is 5.48. The smallest absolute Gasteiger partial charge is 0.321 e. The predicted octanol–water partition coefficient (Wildman–Crippen LogP) is 1.34. The zero-order valence-corrected chi connectivity index (χ0v) is 12.6. The van der Waals surface area contributed by atoms with Crippen molar-refractivity contribution in [1.82, 2.24) is 25.4 Å². The van der Waals surface area contributed by atoms with Crippen LogP contribution in [0.3, 0.4) is 0 Å². The SMILES string of the molecule is CCNC(=O)NC(=O)CSc1nncn1-c1ccccc1F. The summed E-state index contributed by atoms with van der Waals surface area (Å²) >= 11 is 1.06. The maximum Gasteiger partial charge on any atom is 0.321 e. The number of carbonyl (C=O) groups excluding carboxylic acids is 2. The van der Waals surface area contributed by atoms with E-state index in [9.17, 15) is 14.0 Å². The first-order valence-corrected chi connectivity index (χ1v) is 7.45. The highest BCUT2D eigenvalue weighted by molar-refractivity contribution is 7.99. The predicted molar refractivity (Wildman–Crippen MR) is 79.3 cm³/mol. The molecule has 1 heterocycles. The van der Waals surface area contributed by atoms with Crippen LogP contribution in [0.1, 0.15) is 6.92 Å². The van der Waals surface area contributed by atoms with E-state index in [4.69, 9.17) is 0 Å². The number of amides is 3. The molecule has 116 valence electrons. The lowest BCUT2D eigenvalue weighted by molar-refractivity contribution is -0.117. The minimum atomic E-state index is -0.552. The van der Waals surface area contributed by atoms with Gasteiger partial charge in [0.05, 0.1) is 11.4 Å². The fraction of sp³-hybridized carbons (Fsp3) is 0.231. The third kappa shape index (κ3) is 4.04. The molecule has 0 aliphatic rings. The van der Waals surface area contributed by atoms with Crippen molar-refractivity contribution in [2.24, 2.45) is 0 Å². The molecular formula is C13H14FN5O2S. The molecule has 3 amide bonds. The zero-order chi connectivity index (χ0) is 15.9. The number of nitrogens with one attached hydrogen (secondary N) is 2. The van der Waals surface area contributed by atoms with Crippen LogP contribution in [0.25, 0.3) is 5.69 Å². The van der Waals surface area contributed by atoms with Crippen molar-refractivity contribution in [3.05, 3.63) is 36.4 Å². The van der Waals surface area contributed by atoms with Crippen LogP contribution >= 0.6 is 11.8 Å². The number of benzene rings is 1. The van der Waals surface area contributed by atoms with Gasteiger partial charge < -0.3 is 5.32 Å². The third-order valence-electron chi connectivity index (χ3n) is 2.55. The minimum Gasteiger partial charge on any atom is -0.338 e. The minimum absolute atomic E-state index is 0.0374. The van der Waals surface area contributed by atoms with E-state index < -0.39 is 17.8 Å². The molecule has 0 unspecified atom stereocenters. The van der Waals surface area contributed by atoms with Crippen LogP contribution in [0.4, 0.5) is 9.18 Å². The van der Waals surface area contributed by atoms with Crippen LogP contribution in [0.2, 0.25) is 0 Å². The second-order valence-corrected chi connectivity index (χ2v) is 5.07. The van der Waals surface area contributed by atoms with Crippen LogP contribution in [0.5, 0.6) is 0 Å². The summed E-state index contributed by atoms with van der Waals surface area (Å²) in [5.41, 5.74) is 0.291. The molecule has 0 aliphatic heterocycles. The molecule has 0 aliphatic carbocycles. The van der Waals surface area contributed by atoms with E-state index in [1.165, 1.54) is 17.0 Å². The van der Waals surface area contributed by atoms with E-state index in [1.807, 2.05) is 0 Å². The highest BCUT2D eigenvalue weighted by Crippen LogP contribution is 2.20. The van der Waals surface area contributed by atoms with Crippen molar-refractivity contribution in [1.29, 1.82) is 0 Å². The second-order valence-electron chi connectivity index (χ2n) is 4.13. The Labute approximate surface area is 130 Å². The lowest BCUT2D eigenvalue weighted by Gasteiger charge is -2.07. The van der Waals surface area contributed by atoms with Gasteiger partial charge in [-0.2, -0.15) is 0 Å². The molecule has 0 spiro atoms. The van der Waals surface area contributed by atoms with Crippen LogP contribution in [0, 0.1) is 5.82 Å². The van der Waals surface area contributed by atoms with Gasteiger partial charge in [-0.15, -0.1) is 10.2 Å². The molecule has 0 radical (unpaired) electrons. The number of carbonyl (C=O) groups is 2. The van der Waals surface area contributed by atoms with Crippen LogP contribution in [-0.4, -0.2) is 39.0 Å².